The predicted molar refractivity (Wildman–Crippen MR) is 59.8 cm³/mol. The second-order valence-corrected chi connectivity index (χ2v) is 4.93. The van der Waals surface area contributed by atoms with Crippen molar-refractivity contribution < 1.29 is 4.79 Å². The van der Waals surface area contributed by atoms with E-state index in [1.807, 2.05) is 0 Å². The van der Waals surface area contributed by atoms with Gasteiger partial charge in [0.05, 0.1) is 10.8 Å². The molecule has 2 rings (SSSR count). The largest absolute Gasteiger partial charge is 0.297 e. The summed E-state index contributed by atoms with van der Waals surface area (Å²) in [6.45, 7) is 3.25. The van der Waals surface area contributed by atoms with E-state index in [1.165, 1.54) is 38.8 Å². The van der Waals surface area contributed by atoms with Gasteiger partial charge in [-0.15, -0.1) is 0 Å². The van der Waals surface area contributed by atoms with Gasteiger partial charge in [-0.1, -0.05) is 24.6 Å². The second kappa shape index (κ2) is 4.94. The molecule has 0 aliphatic carbocycles. The molecule has 1 amide bonds. The topological polar surface area (TPSA) is 32.7 Å². The predicted octanol–water partition coefficient (Wildman–Crippen LogP) is 1.53. The first-order chi connectivity index (χ1) is 6.84. The lowest BCUT2D eigenvalue weighted by Crippen LogP contribution is -2.29. The number of aliphatic imine (C=N–C) groups is 1. The van der Waals surface area contributed by atoms with Gasteiger partial charge in [0.1, 0.15) is 0 Å². The van der Waals surface area contributed by atoms with E-state index in [0.29, 0.717) is 5.75 Å². The summed E-state index contributed by atoms with van der Waals surface area (Å²) >= 11 is 1.61. The molecule has 0 aromatic rings. The van der Waals surface area contributed by atoms with Crippen LogP contribution in [0.25, 0.3) is 0 Å². The van der Waals surface area contributed by atoms with Crippen LogP contribution in [0.15, 0.2) is 4.99 Å². The fraction of sp³-hybridized carbons (Fsp3) is 0.800. The van der Waals surface area contributed by atoms with E-state index < -0.39 is 0 Å². The van der Waals surface area contributed by atoms with E-state index in [0.717, 1.165) is 11.6 Å². The Balaban J connectivity index is 1.83. The van der Waals surface area contributed by atoms with Gasteiger partial charge in [0.2, 0.25) is 0 Å². The van der Waals surface area contributed by atoms with Crippen LogP contribution in [0.2, 0.25) is 0 Å². The molecule has 0 atom stereocenters. The summed E-state index contributed by atoms with van der Waals surface area (Å²) < 4.78 is 0. The highest BCUT2D eigenvalue weighted by Gasteiger charge is 2.18. The fourth-order valence-electron chi connectivity index (χ4n) is 1.92. The summed E-state index contributed by atoms with van der Waals surface area (Å²) in [5, 5.41) is 1.02. The van der Waals surface area contributed by atoms with E-state index in [2.05, 4.69) is 9.89 Å². The van der Waals surface area contributed by atoms with Crippen LogP contribution in [0, 0.1) is 0 Å². The third-order valence-corrected chi connectivity index (χ3v) is 3.61. The zero-order chi connectivity index (χ0) is 9.80. The average molecular weight is 212 g/mol. The van der Waals surface area contributed by atoms with Crippen LogP contribution in [-0.2, 0) is 4.79 Å². The third-order valence-electron chi connectivity index (χ3n) is 2.67. The zero-order valence-electron chi connectivity index (χ0n) is 8.37. The number of carbonyl (C=O) groups excluding carboxylic acids is 1. The molecule has 2 aliphatic heterocycles. The molecule has 0 unspecified atom stereocenters. The van der Waals surface area contributed by atoms with Crippen molar-refractivity contribution in [2.75, 3.05) is 25.4 Å². The summed E-state index contributed by atoms with van der Waals surface area (Å²) in [6, 6.07) is 0. The quantitative estimate of drug-likeness (QED) is 0.696. The summed E-state index contributed by atoms with van der Waals surface area (Å²) in [4.78, 5) is 17.4. The van der Waals surface area contributed by atoms with Crippen LogP contribution in [0.1, 0.15) is 25.7 Å². The Bertz CT molecular complexity index is 245. The van der Waals surface area contributed by atoms with Crippen LogP contribution in [0.3, 0.4) is 0 Å². The molecule has 0 spiro atoms. The Morgan fingerprint density at radius 1 is 1.21 bits per heavy atom. The Labute approximate surface area is 89.0 Å². The molecule has 0 radical (unpaired) electrons. The SMILES string of the molecule is O=C1CSC(CN2CCCCCC2)=N1. The van der Waals surface area contributed by atoms with Gasteiger partial charge in [-0.25, -0.2) is 4.99 Å². The van der Waals surface area contributed by atoms with Gasteiger partial charge in [0.25, 0.3) is 5.91 Å². The van der Waals surface area contributed by atoms with Gasteiger partial charge < -0.3 is 0 Å². The maximum absolute atomic E-state index is 10.9. The summed E-state index contributed by atoms with van der Waals surface area (Å²) in [6.07, 6.45) is 5.31. The van der Waals surface area contributed by atoms with Crippen molar-refractivity contribution in [2.45, 2.75) is 25.7 Å². The molecule has 3 nitrogen and oxygen atoms in total. The van der Waals surface area contributed by atoms with Crippen molar-refractivity contribution in [1.82, 2.24) is 4.90 Å². The van der Waals surface area contributed by atoms with Crippen molar-refractivity contribution in [3.05, 3.63) is 0 Å². The maximum Gasteiger partial charge on any atom is 0.256 e. The van der Waals surface area contributed by atoms with E-state index in [9.17, 15) is 4.79 Å². The standard InChI is InChI=1S/C10H16N2OS/c13-9-8-14-10(11-9)7-12-5-3-1-2-4-6-12/h1-8H2. The van der Waals surface area contributed by atoms with Gasteiger partial charge in [0.15, 0.2) is 0 Å². The fourth-order valence-corrected chi connectivity index (χ4v) is 2.71. The number of amides is 1. The minimum absolute atomic E-state index is 0.0415. The first-order valence-electron chi connectivity index (χ1n) is 5.30. The Morgan fingerprint density at radius 2 is 1.93 bits per heavy atom. The second-order valence-electron chi connectivity index (χ2n) is 3.88. The molecule has 1 fully saturated rings. The highest BCUT2D eigenvalue weighted by atomic mass is 32.2. The lowest BCUT2D eigenvalue weighted by atomic mass is 10.2. The summed E-state index contributed by atoms with van der Waals surface area (Å²) in [5.74, 6) is 0.600. The van der Waals surface area contributed by atoms with Crippen LogP contribution in [0.5, 0.6) is 0 Å². The molecule has 14 heavy (non-hydrogen) atoms. The molecule has 78 valence electrons. The average Bonchev–Trinajstić information content (AvgIpc) is 2.43. The number of hydrogen-bond donors (Lipinski definition) is 0. The van der Waals surface area contributed by atoms with E-state index in [1.54, 1.807) is 11.8 Å². The molecule has 0 bridgehead atoms. The number of rotatable bonds is 2. The molecule has 0 N–H and O–H groups in total. The normalized spacial score (nSPS) is 24.9. The minimum atomic E-state index is 0.0415. The number of carbonyl (C=O) groups is 1. The molecule has 1 saturated heterocycles. The molecule has 0 saturated carbocycles. The van der Waals surface area contributed by atoms with Gasteiger partial charge in [-0.05, 0) is 25.9 Å². The minimum Gasteiger partial charge on any atom is -0.297 e. The maximum atomic E-state index is 10.9. The van der Waals surface area contributed by atoms with E-state index >= 15 is 0 Å². The lowest BCUT2D eigenvalue weighted by molar-refractivity contribution is -0.115. The Hall–Kier alpha value is -0.350. The van der Waals surface area contributed by atoms with Crippen molar-refractivity contribution in [3.63, 3.8) is 0 Å². The molecule has 2 aliphatic rings. The molecule has 0 aromatic heterocycles. The number of likely N-dealkylation sites (tertiary alicyclic amines) is 1. The Kier molecular flexibility index (Phi) is 3.59. The van der Waals surface area contributed by atoms with E-state index in [4.69, 9.17) is 0 Å². The molecule has 4 heteroatoms. The molecular formula is C10H16N2OS. The lowest BCUT2D eigenvalue weighted by Gasteiger charge is -2.18. The van der Waals surface area contributed by atoms with Gasteiger partial charge in [0, 0.05) is 6.54 Å². The highest BCUT2D eigenvalue weighted by molar-refractivity contribution is 8.15. The summed E-state index contributed by atoms with van der Waals surface area (Å²) in [5.41, 5.74) is 0. The number of hydrogen-bond acceptors (Lipinski definition) is 3. The summed E-state index contributed by atoms with van der Waals surface area (Å²) in [7, 11) is 0. The van der Waals surface area contributed by atoms with Crippen molar-refractivity contribution in [2.24, 2.45) is 4.99 Å². The van der Waals surface area contributed by atoms with Gasteiger partial charge in [-0.3, -0.25) is 9.69 Å². The van der Waals surface area contributed by atoms with Gasteiger partial charge in [-0.2, -0.15) is 0 Å². The number of nitrogens with zero attached hydrogens (tertiary/aromatic N) is 2. The zero-order valence-corrected chi connectivity index (χ0v) is 9.18. The van der Waals surface area contributed by atoms with Gasteiger partial charge >= 0.3 is 0 Å². The Morgan fingerprint density at radius 3 is 2.50 bits per heavy atom. The van der Waals surface area contributed by atoms with Crippen LogP contribution in [0.4, 0.5) is 0 Å². The van der Waals surface area contributed by atoms with Crippen molar-refractivity contribution in [1.29, 1.82) is 0 Å². The monoisotopic (exact) mass is 212 g/mol. The highest BCUT2D eigenvalue weighted by Crippen LogP contribution is 2.16. The third kappa shape index (κ3) is 2.82. The van der Waals surface area contributed by atoms with Crippen LogP contribution in [-0.4, -0.2) is 41.2 Å². The van der Waals surface area contributed by atoms with Crippen molar-refractivity contribution in [3.8, 4) is 0 Å². The van der Waals surface area contributed by atoms with Crippen LogP contribution < -0.4 is 0 Å². The molecule has 2 heterocycles. The van der Waals surface area contributed by atoms with E-state index in [-0.39, 0.29) is 5.91 Å². The first kappa shape index (κ1) is 10.2. The molecule has 0 aromatic carbocycles. The number of thioether (sulfide) groups is 1. The van der Waals surface area contributed by atoms with Crippen molar-refractivity contribution >= 4 is 22.7 Å². The first-order valence-corrected chi connectivity index (χ1v) is 6.29. The smallest absolute Gasteiger partial charge is 0.256 e. The van der Waals surface area contributed by atoms with Crippen LogP contribution >= 0.6 is 11.8 Å². The molecular weight excluding hydrogens is 196 g/mol.